The molecule has 2 nitrogen and oxygen atoms in total. The number of ketones is 1. The van der Waals surface area contributed by atoms with Crippen LogP contribution in [0.15, 0.2) is 36.9 Å². The van der Waals surface area contributed by atoms with Gasteiger partial charge in [0, 0.05) is 0 Å². The van der Waals surface area contributed by atoms with E-state index in [9.17, 15) is 4.79 Å². The maximum Gasteiger partial charge on any atom is 0.140 e. The van der Waals surface area contributed by atoms with Gasteiger partial charge >= 0.3 is 0 Å². The predicted molar refractivity (Wildman–Crippen MR) is 70.5 cm³/mol. The highest BCUT2D eigenvalue weighted by Crippen LogP contribution is 2.30. The summed E-state index contributed by atoms with van der Waals surface area (Å²) in [4.78, 5) is 11.8. The van der Waals surface area contributed by atoms with Crippen molar-refractivity contribution in [2.24, 2.45) is 0 Å². The Labute approximate surface area is 103 Å². The van der Waals surface area contributed by atoms with Crippen LogP contribution in [0.25, 0.3) is 0 Å². The molecule has 92 valence electrons. The van der Waals surface area contributed by atoms with Crippen molar-refractivity contribution in [1.82, 2.24) is 0 Å². The predicted octanol–water partition coefficient (Wildman–Crippen LogP) is 3.51. The first-order valence-corrected chi connectivity index (χ1v) is 5.90. The average molecular weight is 232 g/mol. The minimum Gasteiger partial charge on any atom is -0.494 e. The Morgan fingerprint density at radius 1 is 1.41 bits per heavy atom. The van der Waals surface area contributed by atoms with Gasteiger partial charge in [-0.15, -0.1) is 6.58 Å². The van der Waals surface area contributed by atoms with Crippen molar-refractivity contribution in [3.05, 3.63) is 42.5 Å². The molecule has 0 N–H and O–H groups in total. The lowest BCUT2D eigenvalue weighted by molar-refractivity contribution is -0.121. The minimum atomic E-state index is -0.480. The second-order valence-corrected chi connectivity index (χ2v) is 4.34. The molecular weight excluding hydrogens is 212 g/mol. The number of rotatable bonds is 6. The molecule has 17 heavy (non-hydrogen) atoms. The fraction of sp³-hybridized carbons (Fsp3) is 0.400. The van der Waals surface area contributed by atoms with Gasteiger partial charge in [0.05, 0.1) is 12.0 Å². The monoisotopic (exact) mass is 232 g/mol. The van der Waals surface area contributed by atoms with Crippen molar-refractivity contribution in [3.63, 3.8) is 0 Å². The Morgan fingerprint density at radius 2 is 2.00 bits per heavy atom. The van der Waals surface area contributed by atoms with Crippen LogP contribution in [0.2, 0.25) is 0 Å². The summed E-state index contributed by atoms with van der Waals surface area (Å²) in [6.07, 6.45) is 2.44. The third-order valence-corrected chi connectivity index (χ3v) is 3.13. The van der Waals surface area contributed by atoms with Crippen molar-refractivity contribution in [1.29, 1.82) is 0 Å². The van der Waals surface area contributed by atoms with Gasteiger partial charge in [-0.2, -0.15) is 0 Å². The Balaban J connectivity index is 3.03. The Morgan fingerprint density at radius 3 is 2.41 bits per heavy atom. The van der Waals surface area contributed by atoms with Gasteiger partial charge in [0.15, 0.2) is 0 Å². The first-order chi connectivity index (χ1) is 8.04. The maximum atomic E-state index is 11.8. The maximum absolute atomic E-state index is 11.8. The topological polar surface area (TPSA) is 26.3 Å². The number of carbonyl (C=O) groups is 1. The van der Waals surface area contributed by atoms with Crippen molar-refractivity contribution < 1.29 is 9.53 Å². The van der Waals surface area contributed by atoms with Gasteiger partial charge in [0.1, 0.15) is 11.5 Å². The molecule has 0 aliphatic carbocycles. The molecule has 0 bridgehead atoms. The van der Waals surface area contributed by atoms with E-state index < -0.39 is 5.41 Å². The van der Waals surface area contributed by atoms with Crippen LogP contribution in [0.3, 0.4) is 0 Å². The molecule has 0 fully saturated rings. The van der Waals surface area contributed by atoms with Crippen molar-refractivity contribution >= 4 is 5.78 Å². The third-order valence-electron chi connectivity index (χ3n) is 3.13. The van der Waals surface area contributed by atoms with Gasteiger partial charge in [-0.05, 0) is 44.9 Å². The number of carbonyl (C=O) groups excluding carboxylic acids is 1. The minimum absolute atomic E-state index is 0.154. The number of benzene rings is 1. The number of hydrogen-bond acceptors (Lipinski definition) is 2. The average Bonchev–Trinajstić information content (AvgIpc) is 2.30. The zero-order valence-corrected chi connectivity index (χ0v) is 10.8. The van der Waals surface area contributed by atoms with E-state index in [1.807, 2.05) is 38.1 Å². The van der Waals surface area contributed by atoms with E-state index >= 15 is 0 Å². The molecule has 0 spiro atoms. The van der Waals surface area contributed by atoms with Crippen LogP contribution < -0.4 is 4.74 Å². The smallest absolute Gasteiger partial charge is 0.140 e. The number of allylic oxidation sites excluding steroid dienone is 1. The largest absolute Gasteiger partial charge is 0.494 e. The lowest BCUT2D eigenvalue weighted by atomic mass is 9.76. The summed E-state index contributed by atoms with van der Waals surface area (Å²) in [5, 5.41) is 0. The molecule has 1 rings (SSSR count). The lowest BCUT2D eigenvalue weighted by Crippen LogP contribution is -2.29. The molecule has 1 unspecified atom stereocenters. The standard InChI is InChI=1S/C15H20O2/c1-5-11-15(4,12(3)16)13-7-9-14(10-8-13)17-6-2/h5,7-10H,1,6,11H2,2-4H3. The zero-order valence-electron chi connectivity index (χ0n) is 10.8. The van der Waals surface area contributed by atoms with E-state index in [4.69, 9.17) is 4.74 Å². The van der Waals surface area contributed by atoms with Gasteiger partial charge in [0.25, 0.3) is 0 Å². The Kier molecular flexibility index (Phi) is 4.50. The summed E-state index contributed by atoms with van der Waals surface area (Å²) in [6.45, 7) is 9.90. The van der Waals surface area contributed by atoms with Crippen LogP contribution in [0.4, 0.5) is 0 Å². The van der Waals surface area contributed by atoms with Gasteiger partial charge in [-0.25, -0.2) is 0 Å². The number of ether oxygens (including phenoxy) is 1. The highest BCUT2D eigenvalue weighted by atomic mass is 16.5. The van der Waals surface area contributed by atoms with E-state index in [-0.39, 0.29) is 5.78 Å². The normalized spacial score (nSPS) is 13.8. The first-order valence-electron chi connectivity index (χ1n) is 5.90. The molecular formula is C15H20O2. The van der Waals surface area contributed by atoms with E-state index in [1.165, 1.54) is 0 Å². The Hall–Kier alpha value is -1.57. The fourth-order valence-corrected chi connectivity index (χ4v) is 1.84. The molecule has 0 saturated heterocycles. The van der Waals surface area contributed by atoms with Crippen LogP contribution >= 0.6 is 0 Å². The van der Waals surface area contributed by atoms with E-state index in [1.54, 1.807) is 13.0 Å². The van der Waals surface area contributed by atoms with Gasteiger partial charge in [-0.3, -0.25) is 4.79 Å². The van der Waals surface area contributed by atoms with Gasteiger partial charge in [-0.1, -0.05) is 18.2 Å². The highest BCUT2D eigenvalue weighted by molar-refractivity contribution is 5.87. The number of Topliss-reactive ketones (excluding diaryl/α,β-unsaturated/α-hetero) is 1. The molecule has 0 saturated carbocycles. The van der Waals surface area contributed by atoms with Crippen LogP contribution in [0.1, 0.15) is 32.8 Å². The van der Waals surface area contributed by atoms with Crippen LogP contribution in [0.5, 0.6) is 5.75 Å². The fourth-order valence-electron chi connectivity index (χ4n) is 1.84. The van der Waals surface area contributed by atoms with E-state index in [0.29, 0.717) is 13.0 Å². The summed E-state index contributed by atoms with van der Waals surface area (Å²) in [7, 11) is 0. The summed E-state index contributed by atoms with van der Waals surface area (Å²) in [6, 6.07) is 7.72. The second-order valence-electron chi connectivity index (χ2n) is 4.34. The Bertz CT molecular complexity index is 392. The van der Waals surface area contributed by atoms with Crippen LogP contribution in [-0.4, -0.2) is 12.4 Å². The van der Waals surface area contributed by atoms with E-state index in [2.05, 4.69) is 6.58 Å². The summed E-state index contributed by atoms with van der Waals surface area (Å²) >= 11 is 0. The number of hydrogen-bond donors (Lipinski definition) is 0. The zero-order chi connectivity index (χ0) is 12.9. The van der Waals surface area contributed by atoms with Crippen molar-refractivity contribution in [2.45, 2.75) is 32.6 Å². The van der Waals surface area contributed by atoms with Crippen LogP contribution in [0, 0.1) is 0 Å². The van der Waals surface area contributed by atoms with Crippen LogP contribution in [-0.2, 0) is 10.2 Å². The third kappa shape index (κ3) is 2.96. The second kappa shape index (κ2) is 5.67. The molecule has 0 radical (unpaired) electrons. The van der Waals surface area contributed by atoms with Gasteiger partial charge < -0.3 is 4.74 Å². The van der Waals surface area contributed by atoms with E-state index in [0.717, 1.165) is 11.3 Å². The summed E-state index contributed by atoms with van der Waals surface area (Å²) in [5.41, 5.74) is 0.528. The molecule has 0 amide bonds. The quantitative estimate of drug-likeness (QED) is 0.702. The van der Waals surface area contributed by atoms with Crippen molar-refractivity contribution in [2.75, 3.05) is 6.61 Å². The molecule has 1 aromatic carbocycles. The highest BCUT2D eigenvalue weighted by Gasteiger charge is 2.30. The molecule has 0 aliphatic rings. The molecule has 1 aromatic rings. The summed E-state index contributed by atoms with van der Waals surface area (Å²) in [5.74, 6) is 0.988. The van der Waals surface area contributed by atoms with Crippen molar-refractivity contribution in [3.8, 4) is 5.75 Å². The van der Waals surface area contributed by atoms with Gasteiger partial charge in [0.2, 0.25) is 0 Å². The molecule has 0 aromatic heterocycles. The summed E-state index contributed by atoms with van der Waals surface area (Å²) < 4.78 is 5.39. The SMILES string of the molecule is C=CCC(C)(C(C)=O)c1ccc(OCC)cc1. The molecule has 0 aliphatic heterocycles. The first kappa shape index (κ1) is 13.5. The molecule has 1 atom stereocenters. The molecule has 0 heterocycles. The lowest BCUT2D eigenvalue weighted by Gasteiger charge is -2.26. The molecule has 2 heteroatoms.